The molecular weight excluding hydrogens is 376 g/mol. The van der Waals surface area contributed by atoms with Crippen LogP contribution in [0.25, 0.3) is 11.3 Å². The molecule has 0 N–H and O–H groups in total. The summed E-state index contributed by atoms with van der Waals surface area (Å²) in [6.45, 7) is 3.90. The van der Waals surface area contributed by atoms with Crippen molar-refractivity contribution in [3.63, 3.8) is 0 Å². The molecule has 1 fully saturated rings. The summed E-state index contributed by atoms with van der Waals surface area (Å²) >= 11 is 0. The number of imidazole rings is 1. The maximum absolute atomic E-state index is 13.0. The Kier molecular flexibility index (Phi) is 5.74. The van der Waals surface area contributed by atoms with Crippen LogP contribution in [0.4, 0.5) is 10.5 Å². The van der Waals surface area contributed by atoms with Gasteiger partial charge in [-0.05, 0) is 44.0 Å². The van der Waals surface area contributed by atoms with Gasteiger partial charge in [-0.25, -0.2) is 9.78 Å². The Hall–Kier alpha value is -3.28. The average Bonchev–Trinajstić information content (AvgIpc) is 3.29. The van der Waals surface area contributed by atoms with Gasteiger partial charge in [0.1, 0.15) is 12.1 Å². The highest BCUT2D eigenvalue weighted by Gasteiger charge is 2.26. The first kappa shape index (κ1) is 20.0. The topological polar surface area (TPSA) is 50.6 Å². The Balaban J connectivity index is 1.37. The summed E-state index contributed by atoms with van der Waals surface area (Å²) in [5, 5.41) is 0. The molecule has 0 spiro atoms. The van der Waals surface area contributed by atoms with Gasteiger partial charge >= 0.3 is 6.03 Å². The van der Waals surface area contributed by atoms with Crippen LogP contribution in [0.15, 0.2) is 61.1 Å². The first-order valence-corrected chi connectivity index (χ1v) is 10.3. The predicted octanol–water partition coefficient (Wildman–Crippen LogP) is 4.44. The van der Waals surface area contributed by atoms with E-state index in [0.717, 1.165) is 42.9 Å². The molecular formula is C24H28N4O2. The number of carbonyl (C=O) groups excluding carboxylic acids is 1. The van der Waals surface area contributed by atoms with Crippen LogP contribution in [0, 0.1) is 6.92 Å². The van der Waals surface area contributed by atoms with Crippen LogP contribution in [0.3, 0.4) is 0 Å². The van der Waals surface area contributed by atoms with Crippen LogP contribution in [0.1, 0.15) is 18.4 Å². The van der Waals surface area contributed by atoms with Crippen LogP contribution >= 0.6 is 0 Å². The Morgan fingerprint density at radius 3 is 2.37 bits per heavy atom. The van der Waals surface area contributed by atoms with Gasteiger partial charge in [-0.1, -0.05) is 29.8 Å². The molecule has 0 saturated carbocycles. The lowest BCUT2D eigenvalue weighted by molar-refractivity contribution is 0.181. The summed E-state index contributed by atoms with van der Waals surface area (Å²) in [6.07, 6.45) is 5.30. The van der Waals surface area contributed by atoms with Crippen molar-refractivity contribution in [2.45, 2.75) is 25.8 Å². The fourth-order valence-corrected chi connectivity index (χ4v) is 3.94. The molecule has 1 aromatic heterocycles. The molecule has 4 rings (SSSR count). The molecule has 1 aliphatic rings. The molecule has 0 bridgehead atoms. The van der Waals surface area contributed by atoms with E-state index >= 15 is 0 Å². The van der Waals surface area contributed by atoms with Crippen molar-refractivity contribution in [3.8, 4) is 17.0 Å². The zero-order valence-corrected chi connectivity index (χ0v) is 17.8. The van der Waals surface area contributed by atoms with Gasteiger partial charge in [0.15, 0.2) is 0 Å². The normalized spacial score (nSPS) is 14.6. The number of benzene rings is 2. The molecule has 0 unspecified atom stereocenters. The predicted molar refractivity (Wildman–Crippen MR) is 119 cm³/mol. The van der Waals surface area contributed by atoms with Crippen LogP contribution < -0.4 is 9.64 Å². The minimum Gasteiger partial charge on any atom is -0.497 e. The highest BCUT2D eigenvalue weighted by Crippen LogP contribution is 2.25. The maximum atomic E-state index is 13.0. The largest absolute Gasteiger partial charge is 0.497 e. The number of anilines is 1. The fraction of sp³-hybridized carbons (Fsp3) is 0.333. The summed E-state index contributed by atoms with van der Waals surface area (Å²) < 4.78 is 6.83. The van der Waals surface area contributed by atoms with Gasteiger partial charge in [-0.15, -0.1) is 0 Å². The van der Waals surface area contributed by atoms with E-state index in [4.69, 9.17) is 4.74 Å². The summed E-state index contributed by atoms with van der Waals surface area (Å²) in [6, 6.07) is 16.5. The van der Waals surface area contributed by atoms with Gasteiger partial charge in [0, 0.05) is 43.6 Å². The van der Waals surface area contributed by atoms with Crippen molar-refractivity contribution < 1.29 is 9.53 Å². The van der Waals surface area contributed by atoms with Gasteiger partial charge in [-0.3, -0.25) is 4.57 Å². The second-order valence-electron chi connectivity index (χ2n) is 7.84. The number of hydrogen-bond acceptors (Lipinski definition) is 4. The molecule has 1 amide bonds. The summed E-state index contributed by atoms with van der Waals surface area (Å²) in [7, 11) is 3.57. The molecule has 2 heterocycles. The smallest absolute Gasteiger partial charge is 0.329 e. The summed E-state index contributed by atoms with van der Waals surface area (Å²) in [5.74, 6) is 0.865. The van der Waals surface area contributed by atoms with Crippen molar-refractivity contribution in [2.75, 3.05) is 32.1 Å². The summed E-state index contributed by atoms with van der Waals surface area (Å²) in [5.41, 5.74) is 4.23. The fourth-order valence-electron chi connectivity index (χ4n) is 3.94. The third kappa shape index (κ3) is 4.17. The van der Waals surface area contributed by atoms with Crippen LogP contribution in [-0.2, 0) is 0 Å². The molecule has 1 aliphatic heterocycles. The van der Waals surface area contributed by atoms with E-state index in [1.54, 1.807) is 18.0 Å². The second-order valence-corrected chi connectivity index (χ2v) is 7.84. The van der Waals surface area contributed by atoms with Gasteiger partial charge in [0.2, 0.25) is 0 Å². The number of aromatic nitrogens is 2. The molecule has 3 aromatic rings. The van der Waals surface area contributed by atoms with Crippen molar-refractivity contribution in [2.24, 2.45) is 0 Å². The minimum atomic E-state index is -0.0382. The van der Waals surface area contributed by atoms with Crippen LogP contribution in [0.2, 0.25) is 0 Å². The first-order chi connectivity index (χ1) is 14.5. The van der Waals surface area contributed by atoms with E-state index in [1.807, 2.05) is 42.4 Å². The van der Waals surface area contributed by atoms with Crippen LogP contribution in [0.5, 0.6) is 5.75 Å². The van der Waals surface area contributed by atoms with E-state index in [2.05, 4.69) is 41.1 Å². The monoisotopic (exact) mass is 404 g/mol. The maximum Gasteiger partial charge on any atom is 0.329 e. The Morgan fingerprint density at radius 2 is 1.73 bits per heavy atom. The van der Waals surface area contributed by atoms with E-state index in [9.17, 15) is 4.79 Å². The number of methoxy groups -OCH3 is 1. The standard InChI is InChI=1S/C24H28N4O2/c1-18-4-6-19(7-5-18)23-16-28(17-25-23)24(29)26(2)20-12-14-27(15-13-20)21-8-10-22(30-3)11-9-21/h4-11,16-17,20H,12-15H2,1-3H3. The number of ether oxygens (including phenoxy) is 1. The Bertz CT molecular complexity index is 987. The van der Waals surface area contributed by atoms with Crippen LogP contribution in [-0.4, -0.2) is 53.8 Å². The second kappa shape index (κ2) is 8.61. The summed E-state index contributed by atoms with van der Waals surface area (Å²) in [4.78, 5) is 21.6. The first-order valence-electron chi connectivity index (χ1n) is 10.3. The van der Waals surface area contributed by atoms with Gasteiger partial charge < -0.3 is 14.5 Å². The number of rotatable bonds is 4. The number of aryl methyl sites for hydroxylation is 1. The van der Waals surface area contributed by atoms with E-state index in [1.165, 1.54) is 11.3 Å². The van der Waals surface area contributed by atoms with Crippen molar-refractivity contribution in [1.29, 1.82) is 0 Å². The van der Waals surface area contributed by atoms with Gasteiger partial charge in [-0.2, -0.15) is 0 Å². The van der Waals surface area contributed by atoms with Gasteiger partial charge in [0.05, 0.1) is 12.8 Å². The minimum absolute atomic E-state index is 0.0382. The molecule has 0 atom stereocenters. The third-order valence-corrected chi connectivity index (χ3v) is 5.90. The lowest BCUT2D eigenvalue weighted by Crippen LogP contribution is -2.46. The van der Waals surface area contributed by atoms with Gasteiger partial charge in [0.25, 0.3) is 0 Å². The SMILES string of the molecule is COc1ccc(N2CCC(N(C)C(=O)n3cnc(-c4ccc(C)cc4)c3)CC2)cc1. The quantitative estimate of drug-likeness (QED) is 0.645. The average molecular weight is 405 g/mol. The molecule has 0 aliphatic carbocycles. The third-order valence-electron chi connectivity index (χ3n) is 5.90. The molecule has 6 nitrogen and oxygen atoms in total. The molecule has 2 aromatic carbocycles. The Morgan fingerprint density at radius 1 is 1.07 bits per heavy atom. The number of nitrogens with zero attached hydrogens (tertiary/aromatic N) is 4. The highest BCUT2D eigenvalue weighted by molar-refractivity contribution is 5.78. The molecule has 1 saturated heterocycles. The van der Waals surface area contributed by atoms with E-state index < -0.39 is 0 Å². The zero-order valence-electron chi connectivity index (χ0n) is 17.8. The lowest BCUT2D eigenvalue weighted by Gasteiger charge is -2.37. The molecule has 6 heteroatoms. The van der Waals surface area contributed by atoms with Crippen molar-refractivity contribution in [1.82, 2.24) is 14.5 Å². The number of piperidine rings is 1. The number of hydrogen-bond donors (Lipinski definition) is 0. The molecule has 0 radical (unpaired) electrons. The highest BCUT2D eigenvalue weighted by atomic mass is 16.5. The van der Waals surface area contributed by atoms with Crippen molar-refractivity contribution in [3.05, 3.63) is 66.6 Å². The number of amides is 1. The zero-order chi connectivity index (χ0) is 21.1. The Labute approximate surface area is 177 Å². The van der Waals surface area contributed by atoms with Crippen molar-refractivity contribution >= 4 is 11.7 Å². The molecule has 30 heavy (non-hydrogen) atoms. The number of carbonyl (C=O) groups is 1. The van der Waals surface area contributed by atoms with E-state index in [-0.39, 0.29) is 12.1 Å². The lowest BCUT2D eigenvalue weighted by atomic mass is 10.0. The van der Waals surface area contributed by atoms with E-state index in [0.29, 0.717) is 0 Å². The molecule has 156 valence electrons.